The predicted molar refractivity (Wildman–Crippen MR) is 88.7 cm³/mol. The van der Waals surface area contributed by atoms with Crippen LogP contribution in [0.5, 0.6) is 0 Å². The number of imide groups is 1. The number of hydrogen-bond donors (Lipinski definition) is 1. The number of carbonyl (C=O) groups is 2. The minimum atomic E-state index is -0.344. The number of amides is 2. The van der Waals surface area contributed by atoms with Gasteiger partial charge in [0.15, 0.2) is 0 Å². The Kier molecular flexibility index (Phi) is 2.71. The molecule has 2 amide bonds. The van der Waals surface area contributed by atoms with Gasteiger partial charge < -0.3 is 0 Å². The van der Waals surface area contributed by atoms with E-state index >= 15 is 0 Å². The Morgan fingerprint density at radius 2 is 1.43 bits per heavy atom. The van der Waals surface area contributed by atoms with Gasteiger partial charge in [0.2, 0.25) is 0 Å². The number of halogens is 2. The molecule has 3 aromatic carbocycles. The maximum atomic E-state index is 12.1. The van der Waals surface area contributed by atoms with Gasteiger partial charge in [-0.2, -0.15) is 0 Å². The van der Waals surface area contributed by atoms with Crippen LogP contribution in [0.25, 0.3) is 21.5 Å². The molecule has 5 heteroatoms. The van der Waals surface area contributed by atoms with E-state index in [0.29, 0.717) is 11.1 Å². The van der Waals surface area contributed by atoms with E-state index in [1.54, 1.807) is 6.07 Å². The third-order valence-electron chi connectivity index (χ3n) is 3.76. The van der Waals surface area contributed by atoms with Crippen LogP contribution in [0.1, 0.15) is 20.7 Å². The highest BCUT2D eigenvalue weighted by Crippen LogP contribution is 2.42. The van der Waals surface area contributed by atoms with Crippen molar-refractivity contribution in [3.63, 3.8) is 0 Å². The van der Waals surface area contributed by atoms with Crippen LogP contribution in [-0.2, 0) is 0 Å². The van der Waals surface area contributed by atoms with Gasteiger partial charge in [-0.05, 0) is 54.1 Å². The van der Waals surface area contributed by atoms with Crippen LogP contribution in [0, 0.1) is 0 Å². The molecular weight excluding hydrogens is 398 g/mol. The van der Waals surface area contributed by atoms with Crippen molar-refractivity contribution in [3.05, 3.63) is 56.5 Å². The van der Waals surface area contributed by atoms with Crippen molar-refractivity contribution in [1.82, 2.24) is 5.32 Å². The number of benzene rings is 3. The topological polar surface area (TPSA) is 46.2 Å². The van der Waals surface area contributed by atoms with Gasteiger partial charge in [-0.1, -0.05) is 30.3 Å². The molecule has 4 rings (SSSR count). The summed E-state index contributed by atoms with van der Waals surface area (Å²) in [6, 6.07) is 11.5. The third kappa shape index (κ3) is 1.64. The molecule has 0 saturated heterocycles. The first-order chi connectivity index (χ1) is 10.1. The first-order valence-corrected chi connectivity index (χ1v) is 7.86. The second-order valence-electron chi connectivity index (χ2n) is 4.87. The lowest BCUT2D eigenvalue weighted by molar-refractivity contribution is 0.0880. The monoisotopic (exact) mass is 403 g/mol. The Balaban J connectivity index is 2.32. The second-order valence-corrected chi connectivity index (χ2v) is 6.45. The molecule has 1 heterocycles. The van der Waals surface area contributed by atoms with Crippen LogP contribution in [0.4, 0.5) is 0 Å². The van der Waals surface area contributed by atoms with E-state index in [0.717, 1.165) is 30.5 Å². The van der Waals surface area contributed by atoms with Crippen molar-refractivity contribution in [3.8, 4) is 0 Å². The van der Waals surface area contributed by atoms with Gasteiger partial charge in [-0.3, -0.25) is 14.9 Å². The molecule has 1 N–H and O–H groups in total. The second kappa shape index (κ2) is 4.39. The van der Waals surface area contributed by atoms with Gasteiger partial charge in [0.25, 0.3) is 11.8 Å². The van der Waals surface area contributed by atoms with Crippen molar-refractivity contribution in [2.75, 3.05) is 0 Å². The summed E-state index contributed by atoms with van der Waals surface area (Å²) < 4.78 is 1.75. The molecule has 0 aliphatic carbocycles. The fraction of sp³-hybridized carbons (Fsp3) is 0. The number of nitrogens with one attached hydrogen (secondary N) is 1. The van der Waals surface area contributed by atoms with Crippen molar-refractivity contribution >= 4 is 65.2 Å². The summed E-state index contributed by atoms with van der Waals surface area (Å²) in [7, 11) is 0. The van der Waals surface area contributed by atoms with E-state index in [9.17, 15) is 9.59 Å². The Morgan fingerprint density at radius 3 is 2.14 bits per heavy atom. The fourth-order valence-corrected chi connectivity index (χ4v) is 4.25. The van der Waals surface area contributed by atoms with Crippen molar-refractivity contribution in [2.24, 2.45) is 0 Å². The normalized spacial score (nSPS) is 13.8. The minimum Gasteiger partial charge on any atom is -0.288 e. The lowest BCUT2D eigenvalue weighted by atomic mass is 9.97. The molecule has 0 unspecified atom stereocenters. The summed E-state index contributed by atoms with van der Waals surface area (Å²) >= 11 is 7.23. The van der Waals surface area contributed by atoms with Crippen molar-refractivity contribution < 1.29 is 9.59 Å². The highest BCUT2D eigenvalue weighted by molar-refractivity contribution is 9.11. The molecular formula is C16H7Br2NO2. The van der Waals surface area contributed by atoms with Gasteiger partial charge in [0.05, 0.1) is 11.1 Å². The molecule has 0 spiro atoms. The van der Waals surface area contributed by atoms with Gasteiger partial charge in [-0.15, -0.1) is 0 Å². The zero-order valence-electron chi connectivity index (χ0n) is 10.5. The fourth-order valence-electron chi connectivity index (χ4n) is 2.82. The average Bonchev–Trinajstić information content (AvgIpc) is 2.79. The Labute approximate surface area is 136 Å². The van der Waals surface area contributed by atoms with E-state index in [2.05, 4.69) is 37.2 Å². The van der Waals surface area contributed by atoms with Crippen molar-refractivity contribution in [2.45, 2.75) is 0 Å². The van der Waals surface area contributed by atoms with Crippen LogP contribution < -0.4 is 5.32 Å². The maximum Gasteiger partial charge on any atom is 0.259 e. The molecule has 0 radical (unpaired) electrons. The van der Waals surface area contributed by atoms with Gasteiger partial charge in [0, 0.05) is 14.3 Å². The molecule has 1 aliphatic rings. The Hall–Kier alpha value is -1.72. The van der Waals surface area contributed by atoms with E-state index in [-0.39, 0.29) is 11.8 Å². The number of fused-ring (bicyclic) bond motifs is 4. The van der Waals surface area contributed by atoms with Crippen LogP contribution in [-0.4, -0.2) is 11.8 Å². The first kappa shape index (κ1) is 13.0. The third-order valence-corrected chi connectivity index (χ3v) is 5.44. The summed E-state index contributed by atoms with van der Waals surface area (Å²) in [5.74, 6) is -0.684. The molecule has 0 aromatic heterocycles. The molecule has 3 nitrogen and oxygen atoms in total. The smallest absolute Gasteiger partial charge is 0.259 e. The number of carbonyl (C=O) groups excluding carboxylic acids is 2. The Bertz CT molecular complexity index is 979. The standard InChI is InChI=1S/C16H7Br2NO2/c17-13-7-3-1-2-4-8(7)14(18)11-9(13)5-6-10-12(11)16(21)19-15(10)20/h1-6H,(H,19,20,21). The molecule has 0 bridgehead atoms. The van der Waals surface area contributed by atoms with E-state index in [1.807, 2.05) is 30.3 Å². The van der Waals surface area contributed by atoms with Crippen LogP contribution in [0.15, 0.2) is 45.3 Å². The lowest BCUT2D eigenvalue weighted by Crippen LogP contribution is -2.20. The molecule has 3 aromatic rings. The van der Waals surface area contributed by atoms with Crippen LogP contribution in [0.3, 0.4) is 0 Å². The van der Waals surface area contributed by atoms with E-state index < -0.39 is 0 Å². The summed E-state index contributed by atoms with van der Waals surface area (Å²) in [4.78, 5) is 23.9. The summed E-state index contributed by atoms with van der Waals surface area (Å²) in [6.07, 6.45) is 0. The van der Waals surface area contributed by atoms with Crippen molar-refractivity contribution in [1.29, 1.82) is 0 Å². The highest BCUT2D eigenvalue weighted by Gasteiger charge is 2.30. The lowest BCUT2D eigenvalue weighted by Gasteiger charge is -2.11. The number of hydrogen-bond acceptors (Lipinski definition) is 2. The molecule has 102 valence electrons. The molecule has 0 fully saturated rings. The number of rotatable bonds is 0. The molecule has 0 atom stereocenters. The minimum absolute atomic E-state index is 0.340. The molecule has 1 aliphatic heterocycles. The summed E-state index contributed by atoms with van der Waals surface area (Å²) in [5, 5.41) is 6.08. The van der Waals surface area contributed by atoms with Gasteiger partial charge in [-0.25, -0.2) is 0 Å². The first-order valence-electron chi connectivity index (χ1n) is 6.27. The summed E-state index contributed by atoms with van der Waals surface area (Å²) in [6.45, 7) is 0. The average molecular weight is 405 g/mol. The van der Waals surface area contributed by atoms with Gasteiger partial charge in [0.1, 0.15) is 0 Å². The predicted octanol–water partition coefficient (Wildman–Crippen LogP) is 4.40. The maximum absolute atomic E-state index is 12.1. The van der Waals surface area contributed by atoms with E-state index in [1.165, 1.54) is 0 Å². The zero-order chi connectivity index (χ0) is 14.7. The Morgan fingerprint density at radius 1 is 0.762 bits per heavy atom. The SMILES string of the molecule is O=C1NC(=O)c2c1ccc1c(Br)c3ccccc3c(Br)c21. The quantitative estimate of drug-likeness (QED) is 0.445. The summed E-state index contributed by atoms with van der Waals surface area (Å²) in [5.41, 5.74) is 0.867. The van der Waals surface area contributed by atoms with Crippen LogP contribution >= 0.6 is 31.9 Å². The van der Waals surface area contributed by atoms with E-state index in [4.69, 9.17) is 0 Å². The van der Waals surface area contributed by atoms with Gasteiger partial charge >= 0.3 is 0 Å². The highest BCUT2D eigenvalue weighted by atomic mass is 79.9. The molecule has 0 saturated carbocycles. The van der Waals surface area contributed by atoms with Crippen LogP contribution in [0.2, 0.25) is 0 Å². The largest absolute Gasteiger partial charge is 0.288 e. The zero-order valence-corrected chi connectivity index (χ0v) is 13.7. The molecule has 21 heavy (non-hydrogen) atoms.